The van der Waals surface area contributed by atoms with Gasteiger partial charge in [-0.3, -0.25) is 9.89 Å². The van der Waals surface area contributed by atoms with Crippen LogP contribution in [0.4, 0.5) is 5.82 Å². The van der Waals surface area contributed by atoms with Crippen LogP contribution in [0, 0.1) is 6.92 Å². The third-order valence-corrected chi connectivity index (χ3v) is 6.12. The van der Waals surface area contributed by atoms with Crippen LogP contribution in [0.2, 0.25) is 0 Å². The number of rotatable bonds is 8. The van der Waals surface area contributed by atoms with Gasteiger partial charge in [-0.1, -0.05) is 6.07 Å². The maximum atomic E-state index is 11.6. The van der Waals surface area contributed by atoms with Crippen molar-refractivity contribution in [1.29, 1.82) is 0 Å². The number of carbonyl (C=O) groups excluding carboxylic acids is 1. The number of H-pyrrole nitrogens is 1. The lowest BCUT2D eigenvalue weighted by Crippen LogP contribution is -2.17. The molecule has 1 amide bonds. The molecular weight excluding hydrogens is 412 g/mol. The van der Waals surface area contributed by atoms with Crippen LogP contribution >= 0.6 is 11.3 Å². The number of carbonyl (C=O) groups is 1. The van der Waals surface area contributed by atoms with E-state index in [9.17, 15) is 4.79 Å². The number of aromatic nitrogens is 5. The van der Waals surface area contributed by atoms with E-state index in [4.69, 9.17) is 4.98 Å². The van der Waals surface area contributed by atoms with Crippen molar-refractivity contribution in [3.8, 4) is 0 Å². The van der Waals surface area contributed by atoms with E-state index in [2.05, 4.69) is 24.8 Å². The minimum absolute atomic E-state index is 0.296. The van der Waals surface area contributed by atoms with E-state index in [-0.39, 0.29) is 0 Å². The summed E-state index contributed by atoms with van der Waals surface area (Å²) in [5.74, 6) is 0.836. The van der Waals surface area contributed by atoms with Gasteiger partial charge in [0.05, 0.1) is 23.2 Å². The first-order valence-corrected chi connectivity index (χ1v) is 10.6. The van der Waals surface area contributed by atoms with E-state index in [0.717, 1.165) is 43.8 Å². The number of amides is 1. The molecule has 31 heavy (non-hydrogen) atoms. The highest BCUT2D eigenvalue weighted by Crippen LogP contribution is 2.30. The van der Waals surface area contributed by atoms with Gasteiger partial charge < -0.3 is 9.47 Å². The van der Waals surface area contributed by atoms with Gasteiger partial charge in [-0.25, -0.2) is 15.0 Å². The molecule has 0 aliphatic rings. The molecule has 4 aromatic rings. The number of thiazole rings is 1. The van der Waals surface area contributed by atoms with Gasteiger partial charge >= 0.3 is 0 Å². The molecule has 0 atom stereocenters. The summed E-state index contributed by atoms with van der Waals surface area (Å²) in [5.41, 5.74) is 4.71. The Hall–Kier alpha value is -3.53. The van der Waals surface area contributed by atoms with Gasteiger partial charge in [0.15, 0.2) is 5.65 Å². The number of nitrogens with one attached hydrogen (secondary N) is 1. The van der Waals surface area contributed by atoms with Crippen LogP contribution in [-0.4, -0.2) is 56.5 Å². The first-order chi connectivity index (χ1) is 15.0. The molecule has 9 nitrogen and oxygen atoms in total. The van der Waals surface area contributed by atoms with Crippen molar-refractivity contribution in [3.63, 3.8) is 0 Å². The van der Waals surface area contributed by atoms with Crippen LogP contribution < -0.4 is 4.90 Å². The molecule has 0 radical (unpaired) electrons. The summed E-state index contributed by atoms with van der Waals surface area (Å²) >= 11 is 1.63. The monoisotopic (exact) mass is 436 g/mol. The molecular formula is C21H24N8OS. The molecule has 0 saturated carbocycles. The second-order valence-corrected chi connectivity index (χ2v) is 8.49. The van der Waals surface area contributed by atoms with Crippen LogP contribution in [0.15, 0.2) is 35.6 Å². The fourth-order valence-corrected chi connectivity index (χ4v) is 4.42. The normalized spacial score (nSPS) is 11.5. The zero-order chi connectivity index (χ0) is 22.0. The summed E-state index contributed by atoms with van der Waals surface area (Å²) in [7, 11) is 5.85. The Balaban J connectivity index is 1.58. The third-order valence-electron chi connectivity index (χ3n) is 5.04. The minimum Gasteiger partial charge on any atom is -0.363 e. The van der Waals surface area contributed by atoms with Crippen molar-refractivity contribution in [2.75, 3.05) is 19.0 Å². The topological polar surface area (TPSA) is 95.3 Å². The Bertz CT molecular complexity index is 1220. The maximum absolute atomic E-state index is 11.6. The Morgan fingerprint density at radius 1 is 1.26 bits per heavy atom. The lowest BCUT2D eigenvalue weighted by molar-refractivity contribution is -0.118. The van der Waals surface area contributed by atoms with Crippen LogP contribution in [-0.2, 0) is 24.8 Å². The number of fused-ring (bicyclic) bond motifs is 1. The zero-order valence-electron chi connectivity index (χ0n) is 17.9. The van der Waals surface area contributed by atoms with E-state index >= 15 is 0 Å². The van der Waals surface area contributed by atoms with E-state index in [1.807, 2.05) is 57.2 Å². The number of hydrogen-bond donors (Lipinski definition) is 1. The quantitative estimate of drug-likeness (QED) is 0.260. The van der Waals surface area contributed by atoms with Crippen molar-refractivity contribution in [2.45, 2.75) is 19.9 Å². The summed E-state index contributed by atoms with van der Waals surface area (Å²) in [6, 6.07) is 7.68. The summed E-state index contributed by atoms with van der Waals surface area (Å²) < 4.78 is 3.11. The standard InChI is InChI=1S/C21H24N8OS/c1-14-17(11-23-29(13-30)12-16-6-5-7-18(24-16)27(2)3)20-21(28(14)4)25-19(31-20)10-15-8-9-22-26-15/h5-9,11,13H,10,12H2,1-4H3,(H,22,26)/b23-11-. The predicted molar refractivity (Wildman–Crippen MR) is 122 cm³/mol. The SMILES string of the molecule is Cc1c(/C=N\N(C=O)Cc2cccc(N(C)C)n2)c2sc(Cc3ccn[nH]3)nc2n1C. The molecule has 0 saturated heterocycles. The second-order valence-electron chi connectivity index (χ2n) is 7.41. The minimum atomic E-state index is 0.296. The van der Waals surface area contributed by atoms with Crippen molar-refractivity contribution in [1.82, 2.24) is 29.7 Å². The second kappa shape index (κ2) is 8.68. The van der Waals surface area contributed by atoms with Gasteiger partial charge in [-0.15, -0.1) is 11.3 Å². The van der Waals surface area contributed by atoms with Crippen molar-refractivity contribution in [3.05, 3.63) is 58.1 Å². The number of aromatic amines is 1. The molecule has 0 fully saturated rings. The van der Waals surface area contributed by atoms with Gasteiger partial charge in [0, 0.05) is 50.7 Å². The summed E-state index contributed by atoms with van der Waals surface area (Å²) in [5, 5.41) is 13.7. The fraction of sp³-hybridized carbons (Fsp3) is 0.286. The lowest BCUT2D eigenvalue weighted by atomic mass is 10.3. The maximum Gasteiger partial charge on any atom is 0.230 e. The number of anilines is 1. The molecule has 0 bridgehead atoms. The smallest absolute Gasteiger partial charge is 0.230 e. The summed E-state index contributed by atoms with van der Waals surface area (Å²) in [6.07, 6.45) is 4.89. The number of pyridine rings is 1. The lowest BCUT2D eigenvalue weighted by Gasteiger charge is -2.14. The molecule has 4 heterocycles. The molecule has 4 rings (SSSR count). The van der Waals surface area contributed by atoms with Gasteiger partial charge in [0.25, 0.3) is 0 Å². The highest BCUT2D eigenvalue weighted by atomic mass is 32.1. The zero-order valence-corrected chi connectivity index (χ0v) is 18.7. The van der Waals surface area contributed by atoms with Crippen molar-refractivity contribution < 1.29 is 4.79 Å². The number of aryl methyl sites for hydroxylation is 1. The largest absolute Gasteiger partial charge is 0.363 e. The van der Waals surface area contributed by atoms with Crippen LogP contribution in [0.25, 0.3) is 10.3 Å². The Kier molecular flexibility index (Phi) is 5.81. The number of hydrogen-bond acceptors (Lipinski definition) is 7. The average molecular weight is 437 g/mol. The molecule has 160 valence electrons. The molecule has 0 aliphatic heterocycles. The molecule has 1 N–H and O–H groups in total. The van der Waals surface area contributed by atoms with Gasteiger partial charge in [-0.05, 0) is 25.1 Å². The van der Waals surface area contributed by atoms with Gasteiger partial charge in [0.1, 0.15) is 10.8 Å². The van der Waals surface area contributed by atoms with Crippen molar-refractivity contribution >= 4 is 40.1 Å². The van der Waals surface area contributed by atoms with E-state index in [1.165, 1.54) is 5.01 Å². The van der Waals surface area contributed by atoms with E-state index in [0.29, 0.717) is 19.4 Å². The first-order valence-electron chi connectivity index (χ1n) is 9.78. The summed E-state index contributed by atoms with van der Waals surface area (Å²) in [6.45, 7) is 2.32. The first kappa shape index (κ1) is 20.7. The average Bonchev–Trinajstić information content (AvgIpc) is 3.47. The Labute approximate surface area is 184 Å². The highest BCUT2D eigenvalue weighted by Gasteiger charge is 2.17. The van der Waals surface area contributed by atoms with Crippen molar-refractivity contribution in [2.24, 2.45) is 12.1 Å². The molecule has 0 aromatic carbocycles. The van der Waals surface area contributed by atoms with Gasteiger partial charge in [-0.2, -0.15) is 10.2 Å². The predicted octanol–water partition coefficient (Wildman–Crippen LogP) is 2.71. The Morgan fingerprint density at radius 2 is 2.10 bits per heavy atom. The number of nitrogens with zero attached hydrogens (tertiary/aromatic N) is 7. The third kappa shape index (κ3) is 4.33. The molecule has 4 aromatic heterocycles. The van der Waals surface area contributed by atoms with Crippen LogP contribution in [0.3, 0.4) is 0 Å². The molecule has 0 aliphatic carbocycles. The highest BCUT2D eigenvalue weighted by molar-refractivity contribution is 7.19. The van der Waals surface area contributed by atoms with Crippen LogP contribution in [0.1, 0.15) is 27.7 Å². The fourth-order valence-electron chi connectivity index (χ4n) is 3.24. The molecule has 10 heteroatoms. The van der Waals surface area contributed by atoms with Crippen LogP contribution in [0.5, 0.6) is 0 Å². The Morgan fingerprint density at radius 3 is 2.81 bits per heavy atom. The number of hydrazone groups is 1. The van der Waals surface area contributed by atoms with E-state index in [1.54, 1.807) is 23.7 Å². The molecule has 0 spiro atoms. The van der Waals surface area contributed by atoms with E-state index < -0.39 is 0 Å². The summed E-state index contributed by atoms with van der Waals surface area (Å²) in [4.78, 5) is 22.9. The van der Waals surface area contributed by atoms with Gasteiger partial charge in [0.2, 0.25) is 6.41 Å². The molecule has 0 unspecified atom stereocenters.